The second-order valence-corrected chi connectivity index (χ2v) is 5.43. The molecule has 0 aromatic rings. The summed E-state index contributed by atoms with van der Waals surface area (Å²) in [5, 5.41) is 66.5. The molecule has 10 nitrogen and oxygen atoms in total. The molecule has 0 amide bonds. The van der Waals surface area contributed by atoms with Gasteiger partial charge in [-0.2, -0.15) is 0 Å². The fourth-order valence-electron chi connectivity index (χ4n) is 2.64. The van der Waals surface area contributed by atoms with Crippen molar-refractivity contribution in [2.45, 2.75) is 48.5 Å². The van der Waals surface area contributed by atoms with Crippen LogP contribution >= 0.6 is 0 Å². The second-order valence-electron chi connectivity index (χ2n) is 5.43. The van der Waals surface area contributed by atoms with Gasteiger partial charge in [-0.25, -0.2) is 0 Å². The van der Waals surface area contributed by atoms with Gasteiger partial charge in [0.25, 0.3) is 0 Å². The highest BCUT2D eigenvalue weighted by atomic mass is 16.7. The molecule has 10 heteroatoms. The summed E-state index contributed by atoms with van der Waals surface area (Å²) in [5.41, 5.74) is 0. The van der Waals surface area contributed by atoms with Gasteiger partial charge in [-0.15, -0.1) is 0 Å². The van der Waals surface area contributed by atoms with E-state index in [4.69, 9.17) is 24.4 Å². The van der Waals surface area contributed by atoms with Crippen molar-refractivity contribution in [3.05, 3.63) is 0 Å². The third-order valence-electron chi connectivity index (χ3n) is 4.04. The molecule has 0 spiro atoms. The van der Waals surface area contributed by atoms with Crippen molar-refractivity contribution in [3.63, 3.8) is 0 Å². The first-order chi connectivity index (χ1) is 10.4. The maximum Gasteiger partial charge on any atom is 0.221 e. The van der Waals surface area contributed by atoms with Crippen LogP contribution in [0.1, 0.15) is 0 Å². The molecule has 0 saturated carbocycles. The van der Waals surface area contributed by atoms with Gasteiger partial charge in [0.05, 0.1) is 19.8 Å². The number of aliphatic hydroxyl groups is 7. The summed E-state index contributed by atoms with van der Waals surface area (Å²) >= 11 is 0. The van der Waals surface area contributed by atoms with Crippen LogP contribution in [0.25, 0.3) is 0 Å². The van der Waals surface area contributed by atoms with Gasteiger partial charge in [0.2, 0.25) is 5.79 Å². The van der Waals surface area contributed by atoms with Gasteiger partial charge in [0.1, 0.15) is 49.3 Å². The Morgan fingerprint density at radius 3 is 1.86 bits per heavy atom. The van der Waals surface area contributed by atoms with Crippen LogP contribution in [0.15, 0.2) is 0 Å². The van der Waals surface area contributed by atoms with Gasteiger partial charge < -0.3 is 50.0 Å². The Morgan fingerprint density at radius 2 is 1.41 bits per heavy atom. The lowest BCUT2D eigenvalue weighted by molar-refractivity contribution is -0.285. The topological polar surface area (TPSA) is 169 Å². The maximum atomic E-state index is 9.94. The molecule has 2 aliphatic rings. The van der Waals surface area contributed by atoms with Gasteiger partial charge in [-0.3, -0.25) is 0 Å². The van der Waals surface area contributed by atoms with Crippen LogP contribution in [0.3, 0.4) is 0 Å². The average molecular weight is 326 g/mol. The molecule has 0 radical (unpaired) electrons. The Hall–Kier alpha value is -0.400. The molecule has 2 unspecified atom stereocenters. The first-order valence-corrected chi connectivity index (χ1v) is 6.92. The molecule has 8 atom stereocenters. The Morgan fingerprint density at radius 1 is 0.818 bits per heavy atom. The molecule has 0 aromatic carbocycles. The Labute approximate surface area is 126 Å². The van der Waals surface area contributed by atoms with E-state index in [9.17, 15) is 25.5 Å². The SMILES string of the molecule is OC[C@H]1OC(CO)(OCC2O[C@H](CO)[C@@H](O)[C@@H]2O)[C@@H](O)[C@@H]1O. The molecule has 2 heterocycles. The third kappa shape index (κ3) is 2.99. The standard InChI is InChI=1S/C12H22O10/c13-1-5-8(16)9(17)7(21-5)3-20-12(4-15)11(19)10(18)6(2-14)22-12/h5-11,13-19H,1-4H2/t5-,6-,7?,8-,9-,10-,11+,12?/m1/s1. The highest BCUT2D eigenvalue weighted by Crippen LogP contribution is 2.33. The number of aliphatic hydroxyl groups excluding tert-OH is 7. The predicted molar refractivity (Wildman–Crippen MR) is 67.5 cm³/mol. The normalized spacial score (nSPS) is 49.0. The summed E-state index contributed by atoms with van der Waals surface area (Å²) in [6.45, 7) is -2.27. The van der Waals surface area contributed by atoms with Crippen LogP contribution in [0.5, 0.6) is 0 Å². The van der Waals surface area contributed by atoms with Gasteiger partial charge in [-0.05, 0) is 0 Å². The van der Waals surface area contributed by atoms with E-state index < -0.39 is 68.3 Å². The van der Waals surface area contributed by atoms with Crippen LogP contribution in [0.2, 0.25) is 0 Å². The van der Waals surface area contributed by atoms with Crippen molar-refractivity contribution in [2.75, 3.05) is 26.4 Å². The minimum Gasteiger partial charge on any atom is -0.394 e. The molecule has 22 heavy (non-hydrogen) atoms. The van der Waals surface area contributed by atoms with Crippen molar-refractivity contribution in [2.24, 2.45) is 0 Å². The van der Waals surface area contributed by atoms with Crippen molar-refractivity contribution < 1.29 is 50.0 Å². The Bertz CT molecular complexity index is 368. The number of rotatable bonds is 6. The van der Waals surface area contributed by atoms with Gasteiger partial charge >= 0.3 is 0 Å². The summed E-state index contributed by atoms with van der Waals surface area (Å²) in [7, 11) is 0. The zero-order valence-electron chi connectivity index (χ0n) is 11.7. The fourth-order valence-corrected chi connectivity index (χ4v) is 2.64. The molecular formula is C12H22O10. The second kappa shape index (κ2) is 7.01. The highest BCUT2D eigenvalue weighted by molar-refractivity contribution is 4.97. The molecule has 7 N–H and O–H groups in total. The van der Waals surface area contributed by atoms with Crippen LogP contribution in [-0.4, -0.2) is 111 Å². The van der Waals surface area contributed by atoms with E-state index >= 15 is 0 Å². The van der Waals surface area contributed by atoms with Crippen LogP contribution < -0.4 is 0 Å². The Kier molecular flexibility index (Phi) is 5.72. The van der Waals surface area contributed by atoms with E-state index in [-0.39, 0.29) is 6.61 Å². The highest BCUT2D eigenvalue weighted by Gasteiger charge is 2.56. The molecule has 0 aromatic heterocycles. The first kappa shape index (κ1) is 17.9. The quantitative estimate of drug-likeness (QED) is 0.252. The van der Waals surface area contributed by atoms with Crippen LogP contribution in [0.4, 0.5) is 0 Å². The summed E-state index contributed by atoms with van der Waals surface area (Å²) in [6.07, 6.45) is -8.82. The largest absolute Gasteiger partial charge is 0.394 e. The molecule has 0 bridgehead atoms. The lowest BCUT2D eigenvalue weighted by Gasteiger charge is -2.31. The summed E-state index contributed by atoms with van der Waals surface area (Å²) in [4.78, 5) is 0. The van der Waals surface area contributed by atoms with Crippen molar-refractivity contribution in [1.82, 2.24) is 0 Å². The van der Waals surface area contributed by atoms with E-state index in [0.29, 0.717) is 0 Å². The van der Waals surface area contributed by atoms with E-state index in [1.165, 1.54) is 0 Å². The number of hydrogen-bond donors (Lipinski definition) is 7. The van der Waals surface area contributed by atoms with Gasteiger partial charge in [0.15, 0.2) is 0 Å². The third-order valence-corrected chi connectivity index (χ3v) is 4.04. The molecular weight excluding hydrogens is 304 g/mol. The first-order valence-electron chi connectivity index (χ1n) is 6.92. The Balaban J connectivity index is 2.00. The van der Waals surface area contributed by atoms with Crippen molar-refractivity contribution in [3.8, 4) is 0 Å². The lowest BCUT2D eigenvalue weighted by Crippen LogP contribution is -2.50. The van der Waals surface area contributed by atoms with Crippen LogP contribution in [-0.2, 0) is 14.2 Å². The van der Waals surface area contributed by atoms with Gasteiger partial charge in [-0.1, -0.05) is 0 Å². The zero-order valence-corrected chi connectivity index (χ0v) is 11.7. The molecule has 2 fully saturated rings. The van der Waals surface area contributed by atoms with Crippen LogP contribution in [0, 0.1) is 0 Å². The molecule has 2 saturated heterocycles. The lowest BCUT2D eigenvalue weighted by atomic mass is 10.1. The molecule has 2 aliphatic heterocycles. The minimum absolute atomic E-state index is 0.378. The predicted octanol–water partition coefficient (Wildman–Crippen LogP) is -4.71. The molecule has 0 aliphatic carbocycles. The summed E-state index contributed by atoms with van der Waals surface area (Å²) < 4.78 is 15.6. The average Bonchev–Trinajstić information content (AvgIpc) is 2.95. The zero-order chi connectivity index (χ0) is 16.5. The maximum absolute atomic E-state index is 9.94. The van der Waals surface area contributed by atoms with E-state index in [1.54, 1.807) is 0 Å². The number of hydrogen-bond acceptors (Lipinski definition) is 10. The monoisotopic (exact) mass is 326 g/mol. The van der Waals surface area contributed by atoms with E-state index in [2.05, 4.69) is 0 Å². The summed E-state index contributed by atoms with van der Waals surface area (Å²) in [6, 6.07) is 0. The van der Waals surface area contributed by atoms with Gasteiger partial charge in [0, 0.05) is 0 Å². The van der Waals surface area contributed by atoms with Crippen molar-refractivity contribution >= 4 is 0 Å². The molecule has 130 valence electrons. The van der Waals surface area contributed by atoms with Crippen molar-refractivity contribution in [1.29, 1.82) is 0 Å². The van der Waals surface area contributed by atoms with E-state index in [0.717, 1.165) is 0 Å². The smallest absolute Gasteiger partial charge is 0.221 e. The fraction of sp³-hybridized carbons (Fsp3) is 1.00. The summed E-state index contributed by atoms with van der Waals surface area (Å²) in [5.74, 6) is -1.97. The molecule has 2 rings (SSSR count). The van der Waals surface area contributed by atoms with E-state index in [1.807, 2.05) is 0 Å². The minimum atomic E-state index is -1.97. The number of ether oxygens (including phenoxy) is 3.